The first-order valence-corrected chi connectivity index (χ1v) is 11.3. The molecule has 0 atom stereocenters. The molecule has 0 bridgehead atoms. The summed E-state index contributed by atoms with van der Waals surface area (Å²) in [5.41, 5.74) is 0.502. The first-order chi connectivity index (χ1) is 14.9. The Morgan fingerprint density at radius 2 is 1.84 bits per heavy atom. The standard InChI is InChI=1S/C21H26FN3O5S/c1-24(10-15-30-20-5-3-2-4-19(20)22)16-21(26)23-17-6-8-18(9-7-17)31(27,28)25-11-13-29-14-12-25/h2-9H,10-16H2,1H3,(H,23,26). The number of benzene rings is 2. The minimum atomic E-state index is -3.57. The number of amides is 1. The highest BCUT2D eigenvalue weighted by molar-refractivity contribution is 7.89. The van der Waals surface area contributed by atoms with Gasteiger partial charge in [0, 0.05) is 25.3 Å². The Kier molecular flexibility index (Phi) is 7.97. The summed E-state index contributed by atoms with van der Waals surface area (Å²) < 4.78 is 50.8. The van der Waals surface area contributed by atoms with E-state index in [0.29, 0.717) is 38.5 Å². The fourth-order valence-corrected chi connectivity index (χ4v) is 4.45. The number of sulfonamides is 1. The van der Waals surface area contributed by atoms with Crippen molar-refractivity contribution in [2.24, 2.45) is 0 Å². The summed E-state index contributed by atoms with van der Waals surface area (Å²) in [6.45, 7) is 2.19. The van der Waals surface area contributed by atoms with Crippen LogP contribution in [0.4, 0.5) is 10.1 Å². The van der Waals surface area contributed by atoms with Crippen molar-refractivity contribution in [3.8, 4) is 5.75 Å². The number of nitrogens with one attached hydrogen (secondary N) is 1. The highest BCUT2D eigenvalue weighted by Gasteiger charge is 2.26. The van der Waals surface area contributed by atoms with Gasteiger partial charge >= 0.3 is 0 Å². The maximum atomic E-state index is 13.5. The first kappa shape index (κ1) is 23.1. The molecule has 2 aromatic carbocycles. The normalized spacial score (nSPS) is 15.1. The lowest BCUT2D eigenvalue weighted by atomic mass is 10.3. The van der Waals surface area contributed by atoms with Crippen LogP contribution in [0.1, 0.15) is 0 Å². The van der Waals surface area contributed by atoms with Crippen LogP contribution in [-0.2, 0) is 19.6 Å². The number of morpholine rings is 1. The van der Waals surface area contributed by atoms with E-state index in [4.69, 9.17) is 9.47 Å². The number of halogens is 1. The van der Waals surface area contributed by atoms with E-state index in [9.17, 15) is 17.6 Å². The zero-order valence-electron chi connectivity index (χ0n) is 17.3. The number of hydrogen-bond donors (Lipinski definition) is 1. The SMILES string of the molecule is CN(CCOc1ccccc1F)CC(=O)Nc1ccc(S(=O)(=O)N2CCOCC2)cc1. The Hall–Kier alpha value is -2.53. The van der Waals surface area contributed by atoms with Crippen LogP contribution < -0.4 is 10.1 Å². The molecule has 1 saturated heterocycles. The van der Waals surface area contributed by atoms with Crippen LogP contribution in [0.15, 0.2) is 53.4 Å². The number of likely N-dealkylation sites (N-methyl/N-ethyl adjacent to an activating group) is 1. The Labute approximate surface area is 181 Å². The van der Waals surface area contributed by atoms with Gasteiger partial charge < -0.3 is 14.8 Å². The molecule has 0 radical (unpaired) electrons. The zero-order chi connectivity index (χ0) is 22.3. The summed E-state index contributed by atoms with van der Waals surface area (Å²) in [6, 6.07) is 12.2. The van der Waals surface area contributed by atoms with E-state index in [-0.39, 0.29) is 29.7 Å². The average Bonchev–Trinajstić information content (AvgIpc) is 2.76. The molecule has 1 fully saturated rings. The van der Waals surface area contributed by atoms with Crippen molar-refractivity contribution in [1.29, 1.82) is 0 Å². The van der Waals surface area contributed by atoms with E-state index in [1.54, 1.807) is 42.3 Å². The molecular weight excluding hydrogens is 425 g/mol. The van der Waals surface area contributed by atoms with Crippen molar-refractivity contribution in [2.75, 3.05) is 58.4 Å². The van der Waals surface area contributed by atoms with Crippen LogP contribution in [-0.4, -0.2) is 76.6 Å². The smallest absolute Gasteiger partial charge is 0.243 e. The second kappa shape index (κ2) is 10.7. The van der Waals surface area contributed by atoms with Gasteiger partial charge in [0.1, 0.15) is 6.61 Å². The van der Waals surface area contributed by atoms with Crippen molar-refractivity contribution in [3.63, 3.8) is 0 Å². The summed E-state index contributed by atoms with van der Waals surface area (Å²) in [5, 5.41) is 2.74. The van der Waals surface area contributed by atoms with Gasteiger partial charge in [-0.15, -0.1) is 0 Å². The van der Waals surface area contributed by atoms with E-state index in [1.165, 1.54) is 22.5 Å². The van der Waals surface area contributed by atoms with E-state index < -0.39 is 15.8 Å². The second-order valence-corrected chi connectivity index (χ2v) is 9.04. The maximum Gasteiger partial charge on any atom is 0.243 e. The average molecular weight is 452 g/mol. The van der Waals surface area contributed by atoms with Crippen LogP contribution in [0.3, 0.4) is 0 Å². The largest absolute Gasteiger partial charge is 0.489 e. The molecule has 1 N–H and O–H groups in total. The van der Waals surface area contributed by atoms with Crippen LogP contribution in [0.25, 0.3) is 0 Å². The van der Waals surface area contributed by atoms with E-state index in [0.717, 1.165) is 0 Å². The Balaban J connectivity index is 1.46. The third-order valence-corrected chi connectivity index (χ3v) is 6.64. The van der Waals surface area contributed by atoms with Gasteiger partial charge in [-0.1, -0.05) is 12.1 Å². The molecule has 2 aromatic rings. The van der Waals surface area contributed by atoms with Crippen LogP contribution in [0, 0.1) is 5.82 Å². The molecule has 1 aliphatic rings. The molecule has 1 heterocycles. The van der Waals surface area contributed by atoms with Gasteiger partial charge in [-0.25, -0.2) is 12.8 Å². The van der Waals surface area contributed by atoms with E-state index in [2.05, 4.69) is 5.32 Å². The second-order valence-electron chi connectivity index (χ2n) is 7.11. The molecule has 10 heteroatoms. The highest BCUT2D eigenvalue weighted by atomic mass is 32.2. The van der Waals surface area contributed by atoms with E-state index >= 15 is 0 Å². The molecule has 0 spiro atoms. The molecule has 0 aromatic heterocycles. The predicted molar refractivity (Wildman–Crippen MR) is 114 cm³/mol. The van der Waals surface area contributed by atoms with E-state index in [1.807, 2.05) is 0 Å². The third-order valence-electron chi connectivity index (χ3n) is 4.73. The molecule has 0 unspecified atom stereocenters. The van der Waals surface area contributed by atoms with Gasteiger partial charge in [-0.2, -0.15) is 4.31 Å². The zero-order valence-corrected chi connectivity index (χ0v) is 18.1. The molecule has 31 heavy (non-hydrogen) atoms. The molecule has 1 amide bonds. The Morgan fingerprint density at radius 3 is 2.52 bits per heavy atom. The van der Waals surface area contributed by atoms with Crippen LogP contribution in [0.2, 0.25) is 0 Å². The quantitative estimate of drug-likeness (QED) is 0.626. The molecule has 0 saturated carbocycles. The van der Waals surface area contributed by atoms with Crippen molar-refractivity contribution < 1.29 is 27.1 Å². The van der Waals surface area contributed by atoms with Crippen molar-refractivity contribution in [1.82, 2.24) is 9.21 Å². The molecule has 8 nitrogen and oxygen atoms in total. The van der Waals surface area contributed by atoms with Gasteiger partial charge in [-0.3, -0.25) is 9.69 Å². The monoisotopic (exact) mass is 451 g/mol. The van der Waals surface area contributed by atoms with Crippen LogP contribution in [0.5, 0.6) is 5.75 Å². The number of carbonyl (C=O) groups is 1. The van der Waals surface area contributed by atoms with Gasteiger partial charge in [0.25, 0.3) is 0 Å². The summed E-state index contributed by atoms with van der Waals surface area (Å²) in [7, 11) is -1.82. The first-order valence-electron chi connectivity index (χ1n) is 9.90. The summed E-state index contributed by atoms with van der Waals surface area (Å²) in [4.78, 5) is 14.2. The molecule has 0 aliphatic carbocycles. The minimum absolute atomic E-state index is 0.106. The van der Waals surface area contributed by atoms with Crippen molar-refractivity contribution >= 4 is 21.6 Å². The number of anilines is 1. The predicted octanol–water partition coefficient (Wildman–Crippen LogP) is 1.80. The molecule has 168 valence electrons. The lowest BCUT2D eigenvalue weighted by Crippen LogP contribution is -2.40. The topological polar surface area (TPSA) is 88.2 Å². The minimum Gasteiger partial charge on any atom is -0.489 e. The lowest BCUT2D eigenvalue weighted by molar-refractivity contribution is -0.117. The van der Waals surface area contributed by atoms with Gasteiger partial charge in [0.05, 0.1) is 24.7 Å². The molecule has 3 rings (SSSR count). The van der Waals surface area contributed by atoms with Gasteiger partial charge in [-0.05, 0) is 43.4 Å². The number of ether oxygens (including phenoxy) is 2. The molecule has 1 aliphatic heterocycles. The summed E-state index contributed by atoms with van der Waals surface area (Å²) >= 11 is 0. The number of rotatable bonds is 9. The Morgan fingerprint density at radius 1 is 1.16 bits per heavy atom. The maximum absolute atomic E-state index is 13.5. The summed E-state index contributed by atoms with van der Waals surface area (Å²) in [6.07, 6.45) is 0. The van der Waals surface area contributed by atoms with Crippen molar-refractivity contribution in [3.05, 3.63) is 54.3 Å². The number of nitrogens with zero attached hydrogens (tertiary/aromatic N) is 2. The fraction of sp³-hybridized carbons (Fsp3) is 0.381. The highest BCUT2D eigenvalue weighted by Crippen LogP contribution is 2.19. The molecular formula is C21H26FN3O5S. The van der Waals surface area contributed by atoms with Gasteiger partial charge in [0.2, 0.25) is 15.9 Å². The number of hydrogen-bond acceptors (Lipinski definition) is 6. The third kappa shape index (κ3) is 6.47. The number of para-hydroxylation sites is 1. The van der Waals surface area contributed by atoms with Gasteiger partial charge in [0.15, 0.2) is 11.6 Å². The Bertz CT molecular complexity index is 979. The fourth-order valence-electron chi connectivity index (χ4n) is 3.04. The summed E-state index contributed by atoms with van der Waals surface area (Å²) in [5.74, 6) is -0.508. The van der Waals surface area contributed by atoms with Crippen LogP contribution >= 0.6 is 0 Å². The number of carbonyl (C=O) groups excluding carboxylic acids is 1. The lowest BCUT2D eigenvalue weighted by Gasteiger charge is -2.26. The van der Waals surface area contributed by atoms with Crippen molar-refractivity contribution in [2.45, 2.75) is 4.90 Å².